The Morgan fingerprint density at radius 3 is 2.73 bits per heavy atom. The maximum Gasteiger partial charge on any atom is 0.263 e. The molecule has 0 amide bonds. The standard InChI is InChI=1S/C19H18N4OS2/c1-3-22-10-14(12(2)21-22)11-23-18(24)15-9-16(13-7-5-4-6-8-13)26-17(15)20-19(23)25/h4-10H,3,11H2,1-2H3,(H,20,25). The Balaban J connectivity index is 1.82. The van der Waals surface area contributed by atoms with Gasteiger partial charge in [0.25, 0.3) is 5.56 Å². The van der Waals surface area contributed by atoms with Crippen LogP contribution in [-0.2, 0) is 13.1 Å². The Kier molecular flexibility index (Phi) is 4.34. The van der Waals surface area contributed by atoms with Crippen LogP contribution in [0.15, 0.2) is 47.4 Å². The molecule has 3 aromatic heterocycles. The summed E-state index contributed by atoms with van der Waals surface area (Å²) in [5.41, 5.74) is 2.96. The van der Waals surface area contributed by atoms with E-state index in [2.05, 4.69) is 10.1 Å². The normalized spacial score (nSPS) is 11.3. The van der Waals surface area contributed by atoms with Gasteiger partial charge in [-0.2, -0.15) is 5.10 Å². The van der Waals surface area contributed by atoms with Crippen molar-refractivity contribution in [1.82, 2.24) is 19.3 Å². The van der Waals surface area contributed by atoms with Crippen molar-refractivity contribution in [3.05, 3.63) is 69.0 Å². The van der Waals surface area contributed by atoms with Crippen LogP contribution in [0.25, 0.3) is 20.7 Å². The summed E-state index contributed by atoms with van der Waals surface area (Å²) in [6.07, 6.45) is 1.98. The van der Waals surface area contributed by atoms with Crippen LogP contribution in [0.2, 0.25) is 0 Å². The minimum Gasteiger partial charge on any atom is -0.323 e. The molecular formula is C19H18N4OS2. The predicted molar refractivity (Wildman–Crippen MR) is 108 cm³/mol. The summed E-state index contributed by atoms with van der Waals surface area (Å²) in [5, 5.41) is 5.12. The molecule has 0 bridgehead atoms. The second-order valence-corrected chi connectivity index (χ2v) is 7.58. The van der Waals surface area contributed by atoms with Gasteiger partial charge in [0.2, 0.25) is 0 Å². The highest BCUT2D eigenvalue weighted by atomic mass is 32.1. The quantitative estimate of drug-likeness (QED) is 0.534. The average Bonchev–Trinajstić information content (AvgIpc) is 3.23. The van der Waals surface area contributed by atoms with Gasteiger partial charge in [0.1, 0.15) is 4.83 Å². The number of thiophene rings is 1. The van der Waals surface area contributed by atoms with Gasteiger partial charge < -0.3 is 4.98 Å². The molecule has 5 nitrogen and oxygen atoms in total. The average molecular weight is 383 g/mol. The molecule has 7 heteroatoms. The van der Waals surface area contributed by atoms with Crippen LogP contribution in [0.3, 0.4) is 0 Å². The fourth-order valence-corrected chi connectivity index (χ4v) is 4.35. The van der Waals surface area contributed by atoms with E-state index >= 15 is 0 Å². The lowest BCUT2D eigenvalue weighted by atomic mass is 10.2. The molecule has 0 aliphatic heterocycles. The van der Waals surface area contributed by atoms with Crippen molar-refractivity contribution in [3.8, 4) is 10.4 Å². The number of aryl methyl sites for hydroxylation is 2. The molecule has 0 aliphatic rings. The smallest absolute Gasteiger partial charge is 0.263 e. The molecule has 4 aromatic rings. The summed E-state index contributed by atoms with van der Waals surface area (Å²) in [5.74, 6) is 0. The topological polar surface area (TPSA) is 55.6 Å². The maximum absolute atomic E-state index is 13.0. The summed E-state index contributed by atoms with van der Waals surface area (Å²) in [7, 11) is 0. The SMILES string of the molecule is CCn1cc(Cn2c(=S)[nH]c3sc(-c4ccccc4)cc3c2=O)c(C)n1. The minimum atomic E-state index is -0.0640. The Labute approximate surface area is 159 Å². The first kappa shape index (κ1) is 16.9. The van der Waals surface area contributed by atoms with E-state index in [1.54, 1.807) is 15.9 Å². The molecular weight excluding hydrogens is 364 g/mol. The molecule has 0 unspecified atom stereocenters. The number of hydrogen-bond acceptors (Lipinski definition) is 4. The molecule has 4 rings (SSSR count). The zero-order valence-corrected chi connectivity index (χ0v) is 16.2. The molecule has 0 radical (unpaired) electrons. The predicted octanol–water partition coefficient (Wildman–Crippen LogP) is 4.36. The molecule has 1 N–H and O–H groups in total. The van der Waals surface area contributed by atoms with Crippen molar-refractivity contribution in [2.24, 2.45) is 0 Å². The van der Waals surface area contributed by atoms with Crippen LogP contribution in [0.4, 0.5) is 0 Å². The number of rotatable bonds is 4. The van der Waals surface area contributed by atoms with Crippen LogP contribution in [0.1, 0.15) is 18.2 Å². The zero-order valence-electron chi connectivity index (χ0n) is 14.5. The molecule has 0 saturated carbocycles. The van der Waals surface area contributed by atoms with Crippen LogP contribution in [-0.4, -0.2) is 19.3 Å². The van der Waals surface area contributed by atoms with Gasteiger partial charge in [0, 0.05) is 23.2 Å². The third-order valence-electron chi connectivity index (χ3n) is 4.43. The van der Waals surface area contributed by atoms with E-state index in [4.69, 9.17) is 12.2 Å². The highest BCUT2D eigenvalue weighted by Crippen LogP contribution is 2.30. The Morgan fingerprint density at radius 1 is 1.27 bits per heavy atom. The number of nitrogens with zero attached hydrogens (tertiary/aromatic N) is 3. The van der Waals surface area contributed by atoms with Crippen LogP contribution in [0, 0.1) is 11.7 Å². The second-order valence-electron chi connectivity index (χ2n) is 6.14. The van der Waals surface area contributed by atoms with Gasteiger partial charge >= 0.3 is 0 Å². The van der Waals surface area contributed by atoms with Gasteiger partial charge in [-0.05, 0) is 37.7 Å². The van der Waals surface area contributed by atoms with Crippen molar-refractivity contribution in [2.75, 3.05) is 0 Å². The van der Waals surface area contributed by atoms with E-state index in [1.807, 2.05) is 61.1 Å². The fraction of sp³-hybridized carbons (Fsp3) is 0.211. The molecule has 0 spiro atoms. The summed E-state index contributed by atoms with van der Waals surface area (Å²) in [6.45, 7) is 5.21. The van der Waals surface area contributed by atoms with E-state index in [0.29, 0.717) is 16.7 Å². The number of aromatic nitrogens is 4. The molecule has 26 heavy (non-hydrogen) atoms. The Bertz CT molecular complexity index is 1200. The number of nitrogens with one attached hydrogen (secondary N) is 1. The molecule has 0 aliphatic carbocycles. The Morgan fingerprint density at radius 2 is 2.04 bits per heavy atom. The lowest BCUT2D eigenvalue weighted by molar-refractivity contribution is 0.652. The lowest BCUT2D eigenvalue weighted by Crippen LogP contribution is -2.22. The lowest BCUT2D eigenvalue weighted by Gasteiger charge is -2.05. The van der Waals surface area contributed by atoms with Crippen LogP contribution < -0.4 is 5.56 Å². The van der Waals surface area contributed by atoms with E-state index in [0.717, 1.165) is 33.1 Å². The van der Waals surface area contributed by atoms with Gasteiger partial charge in [0.15, 0.2) is 4.77 Å². The van der Waals surface area contributed by atoms with E-state index in [-0.39, 0.29) is 5.56 Å². The van der Waals surface area contributed by atoms with Crippen molar-refractivity contribution in [2.45, 2.75) is 26.9 Å². The number of aromatic amines is 1. The molecule has 3 heterocycles. The van der Waals surface area contributed by atoms with Gasteiger partial charge in [-0.1, -0.05) is 30.3 Å². The third kappa shape index (κ3) is 2.93. The van der Waals surface area contributed by atoms with E-state index < -0.39 is 0 Å². The first-order valence-electron chi connectivity index (χ1n) is 8.42. The van der Waals surface area contributed by atoms with Crippen molar-refractivity contribution >= 4 is 33.8 Å². The number of hydrogen-bond donors (Lipinski definition) is 1. The molecule has 1 aromatic carbocycles. The third-order valence-corrected chi connectivity index (χ3v) is 5.85. The van der Waals surface area contributed by atoms with Crippen LogP contribution >= 0.6 is 23.6 Å². The van der Waals surface area contributed by atoms with Crippen molar-refractivity contribution < 1.29 is 0 Å². The monoisotopic (exact) mass is 382 g/mol. The van der Waals surface area contributed by atoms with Gasteiger partial charge in [-0.25, -0.2) is 0 Å². The maximum atomic E-state index is 13.0. The van der Waals surface area contributed by atoms with Crippen LogP contribution in [0.5, 0.6) is 0 Å². The largest absolute Gasteiger partial charge is 0.323 e. The van der Waals surface area contributed by atoms with E-state index in [9.17, 15) is 4.79 Å². The highest BCUT2D eigenvalue weighted by Gasteiger charge is 2.13. The van der Waals surface area contributed by atoms with Gasteiger partial charge in [-0.15, -0.1) is 11.3 Å². The summed E-state index contributed by atoms with van der Waals surface area (Å²) in [4.78, 5) is 18.1. The van der Waals surface area contributed by atoms with Crippen molar-refractivity contribution in [3.63, 3.8) is 0 Å². The number of benzene rings is 1. The first-order valence-corrected chi connectivity index (χ1v) is 9.64. The van der Waals surface area contributed by atoms with Crippen molar-refractivity contribution in [1.29, 1.82) is 0 Å². The Hall–Kier alpha value is -2.51. The molecule has 0 saturated heterocycles. The fourth-order valence-electron chi connectivity index (χ4n) is 2.98. The summed E-state index contributed by atoms with van der Waals surface area (Å²) in [6, 6.07) is 12.0. The highest BCUT2D eigenvalue weighted by molar-refractivity contribution is 7.71. The van der Waals surface area contributed by atoms with Gasteiger partial charge in [-0.3, -0.25) is 14.0 Å². The van der Waals surface area contributed by atoms with E-state index in [1.165, 1.54) is 0 Å². The first-order chi connectivity index (χ1) is 12.6. The number of fused-ring (bicyclic) bond motifs is 1. The second kappa shape index (κ2) is 6.66. The molecule has 132 valence electrons. The molecule has 0 fully saturated rings. The minimum absolute atomic E-state index is 0.0640. The summed E-state index contributed by atoms with van der Waals surface area (Å²) >= 11 is 7.01. The van der Waals surface area contributed by atoms with Gasteiger partial charge in [0.05, 0.1) is 17.6 Å². The summed E-state index contributed by atoms with van der Waals surface area (Å²) < 4.78 is 3.93. The number of H-pyrrole nitrogens is 1. The molecule has 0 atom stereocenters. The zero-order chi connectivity index (χ0) is 18.3.